The van der Waals surface area contributed by atoms with Crippen molar-refractivity contribution in [2.75, 3.05) is 0 Å². The average Bonchev–Trinajstić information content (AvgIpc) is 3.04. The van der Waals surface area contributed by atoms with Crippen LogP contribution in [0.3, 0.4) is 0 Å². The van der Waals surface area contributed by atoms with E-state index in [0.29, 0.717) is 10.8 Å². The lowest BCUT2D eigenvalue weighted by Gasteiger charge is -2.58. The third-order valence-corrected chi connectivity index (χ3v) is 10.4. The summed E-state index contributed by atoms with van der Waals surface area (Å²) in [4.78, 5) is 4.75. The number of allylic oxidation sites excluding steroid dienone is 1. The largest absolute Gasteiger partial charge is 0.252 e. The molecular formula is C27H46O2. The van der Waals surface area contributed by atoms with Gasteiger partial charge in [-0.05, 0) is 97.7 Å². The van der Waals surface area contributed by atoms with E-state index in [9.17, 15) is 5.26 Å². The molecule has 1 unspecified atom stereocenters. The van der Waals surface area contributed by atoms with Crippen molar-refractivity contribution in [3.05, 3.63) is 11.6 Å². The molecule has 166 valence electrons. The van der Waals surface area contributed by atoms with Gasteiger partial charge in [0, 0.05) is 0 Å². The lowest BCUT2D eigenvalue weighted by atomic mass is 9.47. The zero-order valence-corrected chi connectivity index (χ0v) is 19.8. The van der Waals surface area contributed by atoms with E-state index in [2.05, 4.69) is 40.7 Å². The molecule has 0 saturated heterocycles. The van der Waals surface area contributed by atoms with Gasteiger partial charge in [-0.15, -0.1) is 0 Å². The van der Waals surface area contributed by atoms with Gasteiger partial charge in [-0.2, -0.15) is 0 Å². The summed E-state index contributed by atoms with van der Waals surface area (Å²) in [6, 6.07) is 0. The smallest absolute Gasteiger partial charge is 0.0964 e. The Kier molecular flexibility index (Phi) is 6.26. The first-order valence-electron chi connectivity index (χ1n) is 12.8. The monoisotopic (exact) mass is 402 g/mol. The molecule has 0 aliphatic heterocycles. The number of rotatable bonds is 6. The Morgan fingerprint density at radius 3 is 2.55 bits per heavy atom. The van der Waals surface area contributed by atoms with Gasteiger partial charge in [0.05, 0.1) is 6.10 Å². The van der Waals surface area contributed by atoms with Crippen LogP contribution in [0.25, 0.3) is 0 Å². The molecule has 0 aromatic rings. The molecule has 8 atom stereocenters. The topological polar surface area (TPSA) is 29.5 Å². The van der Waals surface area contributed by atoms with E-state index in [1.165, 1.54) is 57.8 Å². The maximum absolute atomic E-state index is 9.20. The van der Waals surface area contributed by atoms with Crippen molar-refractivity contribution >= 4 is 0 Å². The summed E-state index contributed by atoms with van der Waals surface area (Å²) in [7, 11) is 0. The Morgan fingerprint density at radius 2 is 1.83 bits per heavy atom. The van der Waals surface area contributed by atoms with Gasteiger partial charge >= 0.3 is 0 Å². The van der Waals surface area contributed by atoms with Crippen molar-refractivity contribution in [3.8, 4) is 0 Å². The van der Waals surface area contributed by atoms with Crippen LogP contribution >= 0.6 is 0 Å². The second kappa shape index (κ2) is 8.30. The highest BCUT2D eigenvalue weighted by molar-refractivity contribution is 5.25. The van der Waals surface area contributed by atoms with Gasteiger partial charge in [-0.1, -0.05) is 65.5 Å². The van der Waals surface area contributed by atoms with Gasteiger partial charge in [0.25, 0.3) is 0 Å². The molecule has 0 bridgehead atoms. The van der Waals surface area contributed by atoms with Crippen LogP contribution in [0.1, 0.15) is 105 Å². The van der Waals surface area contributed by atoms with Crippen molar-refractivity contribution in [1.82, 2.24) is 0 Å². The molecule has 0 aromatic carbocycles. The molecule has 0 heterocycles. The standard InChI is InChI=1S/C27H46O2/c1-18(2)7-6-8-19(3)23-11-12-24-22-10-9-20-17-21(29-28)13-15-26(20,4)25(22)14-16-27(23,24)5/h9,18-19,21-25,28H,6-8,10-17H2,1-5H3/t19-,21+,22+,23?,24+,25+,26+,27-/m1/s1. The van der Waals surface area contributed by atoms with Gasteiger partial charge in [0.1, 0.15) is 0 Å². The van der Waals surface area contributed by atoms with Gasteiger partial charge in [-0.3, -0.25) is 5.26 Å². The average molecular weight is 403 g/mol. The van der Waals surface area contributed by atoms with Crippen molar-refractivity contribution in [3.63, 3.8) is 0 Å². The molecular weight excluding hydrogens is 356 g/mol. The molecule has 4 rings (SSSR count). The summed E-state index contributed by atoms with van der Waals surface area (Å²) in [5.74, 6) is 5.36. The third kappa shape index (κ3) is 3.75. The van der Waals surface area contributed by atoms with E-state index in [1.54, 1.807) is 5.57 Å². The first-order chi connectivity index (χ1) is 13.8. The first-order valence-corrected chi connectivity index (χ1v) is 12.8. The fraction of sp³-hybridized carbons (Fsp3) is 0.926. The number of hydrogen-bond donors (Lipinski definition) is 1. The normalized spacial score (nSPS) is 45.3. The van der Waals surface area contributed by atoms with Crippen molar-refractivity contribution < 1.29 is 10.1 Å². The van der Waals surface area contributed by atoms with Gasteiger partial charge in [-0.25, -0.2) is 4.89 Å². The molecule has 4 aliphatic rings. The van der Waals surface area contributed by atoms with Crippen LogP contribution < -0.4 is 0 Å². The quantitative estimate of drug-likeness (QED) is 0.278. The van der Waals surface area contributed by atoms with Gasteiger partial charge in [0.15, 0.2) is 0 Å². The van der Waals surface area contributed by atoms with Crippen LogP contribution in [0.15, 0.2) is 11.6 Å². The minimum absolute atomic E-state index is 0.0299. The maximum Gasteiger partial charge on any atom is 0.0964 e. The SMILES string of the molecule is CC(C)CCC[C@@H](C)C1CC[C@H]2[C@@H]3CC=C4C[C@@H](OO)CC[C@]4(C)[C@H]3CC[C@]12C. The highest BCUT2D eigenvalue weighted by Gasteiger charge is 2.59. The van der Waals surface area contributed by atoms with Crippen molar-refractivity contribution in [2.45, 2.75) is 111 Å². The first kappa shape index (κ1) is 21.9. The molecule has 2 heteroatoms. The van der Waals surface area contributed by atoms with Gasteiger partial charge in [0.2, 0.25) is 0 Å². The highest BCUT2D eigenvalue weighted by Crippen LogP contribution is 2.67. The number of fused-ring (bicyclic) bond motifs is 5. The van der Waals surface area contributed by atoms with Gasteiger partial charge < -0.3 is 0 Å². The summed E-state index contributed by atoms with van der Waals surface area (Å²) >= 11 is 0. The zero-order chi connectivity index (χ0) is 20.8. The van der Waals surface area contributed by atoms with Crippen LogP contribution in [0.2, 0.25) is 0 Å². The molecule has 0 radical (unpaired) electrons. The van der Waals surface area contributed by atoms with Crippen LogP contribution in [0.4, 0.5) is 0 Å². The minimum Gasteiger partial charge on any atom is -0.252 e. The molecule has 4 aliphatic carbocycles. The molecule has 29 heavy (non-hydrogen) atoms. The fourth-order valence-corrected chi connectivity index (χ4v) is 8.74. The van der Waals surface area contributed by atoms with E-state index in [0.717, 1.165) is 48.3 Å². The van der Waals surface area contributed by atoms with Crippen LogP contribution in [-0.4, -0.2) is 11.4 Å². The van der Waals surface area contributed by atoms with Crippen molar-refractivity contribution in [2.24, 2.45) is 46.3 Å². The Hall–Kier alpha value is -0.340. The molecule has 3 fully saturated rings. The van der Waals surface area contributed by atoms with Crippen LogP contribution in [0.5, 0.6) is 0 Å². The second-order valence-electron chi connectivity index (χ2n) is 12.3. The van der Waals surface area contributed by atoms with E-state index in [1.807, 2.05) is 0 Å². The molecule has 0 aromatic heterocycles. The van der Waals surface area contributed by atoms with E-state index >= 15 is 0 Å². The minimum atomic E-state index is 0.0299. The molecule has 2 nitrogen and oxygen atoms in total. The second-order valence-corrected chi connectivity index (χ2v) is 12.3. The predicted octanol–water partition coefficient (Wildman–Crippen LogP) is 7.89. The van der Waals surface area contributed by atoms with Crippen molar-refractivity contribution in [1.29, 1.82) is 0 Å². The Labute approximate surface area is 179 Å². The molecule has 0 amide bonds. The Balaban J connectivity index is 1.48. The lowest BCUT2D eigenvalue weighted by Crippen LogP contribution is -2.51. The third-order valence-electron chi connectivity index (χ3n) is 10.4. The van der Waals surface area contributed by atoms with E-state index < -0.39 is 0 Å². The summed E-state index contributed by atoms with van der Waals surface area (Å²) < 4.78 is 0. The molecule has 3 saturated carbocycles. The molecule has 0 spiro atoms. The van der Waals surface area contributed by atoms with Crippen LogP contribution in [-0.2, 0) is 4.89 Å². The maximum atomic E-state index is 9.20. The van der Waals surface area contributed by atoms with E-state index in [4.69, 9.17) is 4.89 Å². The van der Waals surface area contributed by atoms with Crippen LogP contribution in [0, 0.1) is 46.3 Å². The summed E-state index contributed by atoms with van der Waals surface area (Å²) in [5, 5.41) is 9.20. The molecule has 1 N–H and O–H groups in total. The fourth-order valence-electron chi connectivity index (χ4n) is 8.74. The Morgan fingerprint density at radius 1 is 1.03 bits per heavy atom. The lowest BCUT2D eigenvalue weighted by molar-refractivity contribution is -0.284. The number of hydrogen-bond acceptors (Lipinski definition) is 2. The predicted molar refractivity (Wildman–Crippen MR) is 121 cm³/mol. The Bertz CT molecular complexity index is 610. The zero-order valence-electron chi connectivity index (χ0n) is 19.8. The summed E-state index contributed by atoms with van der Waals surface area (Å²) in [6.07, 6.45) is 17.1. The van der Waals surface area contributed by atoms with E-state index in [-0.39, 0.29) is 6.10 Å². The highest BCUT2D eigenvalue weighted by atomic mass is 17.1. The summed E-state index contributed by atoms with van der Waals surface area (Å²) in [6.45, 7) is 12.5. The summed E-state index contributed by atoms with van der Waals surface area (Å²) in [5.41, 5.74) is 2.54.